The highest BCUT2D eigenvalue weighted by Gasteiger charge is 2.13. The van der Waals surface area contributed by atoms with Crippen molar-refractivity contribution in [3.05, 3.63) is 17.7 Å². The number of methoxy groups -OCH3 is 3. The Morgan fingerprint density at radius 2 is 1.64 bits per heavy atom. The SMILES string of the molecule is CN=C(NCc1c(OC)cc(OC)cc1OC)NCC(C)C. The number of nitrogens with one attached hydrogen (secondary N) is 2. The minimum atomic E-state index is 0.536. The molecule has 0 heterocycles. The van der Waals surface area contributed by atoms with Crippen LogP contribution in [-0.2, 0) is 6.54 Å². The molecule has 0 fully saturated rings. The molecule has 1 aromatic carbocycles. The smallest absolute Gasteiger partial charge is 0.191 e. The van der Waals surface area contributed by atoms with E-state index in [1.165, 1.54) is 0 Å². The van der Waals surface area contributed by atoms with E-state index in [4.69, 9.17) is 14.2 Å². The second-order valence-electron chi connectivity index (χ2n) is 5.21. The highest BCUT2D eigenvalue weighted by Crippen LogP contribution is 2.33. The van der Waals surface area contributed by atoms with Crippen LogP contribution in [0.5, 0.6) is 17.2 Å². The van der Waals surface area contributed by atoms with Gasteiger partial charge in [-0.25, -0.2) is 0 Å². The number of benzene rings is 1. The predicted molar refractivity (Wildman–Crippen MR) is 89.1 cm³/mol. The lowest BCUT2D eigenvalue weighted by atomic mass is 10.1. The van der Waals surface area contributed by atoms with Crippen molar-refractivity contribution in [1.29, 1.82) is 0 Å². The molecule has 1 aromatic rings. The van der Waals surface area contributed by atoms with Gasteiger partial charge in [0.25, 0.3) is 0 Å². The van der Waals surface area contributed by atoms with Crippen molar-refractivity contribution in [1.82, 2.24) is 10.6 Å². The van der Waals surface area contributed by atoms with Crippen molar-refractivity contribution in [3.8, 4) is 17.2 Å². The van der Waals surface area contributed by atoms with Crippen molar-refractivity contribution in [2.45, 2.75) is 20.4 Å². The van der Waals surface area contributed by atoms with Gasteiger partial charge in [-0.15, -0.1) is 0 Å². The maximum atomic E-state index is 5.43. The molecule has 6 heteroatoms. The van der Waals surface area contributed by atoms with E-state index in [0.29, 0.717) is 29.7 Å². The summed E-state index contributed by atoms with van der Waals surface area (Å²) in [4.78, 5) is 4.21. The number of hydrogen-bond acceptors (Lipinski definition) is 4. The summed E-state index contributed by atoms with van der Waals surface area (Å²) in [6.45, 7) is 5.69. The van der Waals surface area contributed by atoms with E-state index >= 15 is 0 Å². The van der Waals surface area contributed by atoms with Crippen molar-refractivity contribution in [2.24, 2.45) is 10.9 Å². The van der Waals surface area contributed by atoms with Crippen LogP contribution >= 0.6 is 0 Å². The predicted octanol–water partition coefficient (Wildman–Crippen LogP) is 2.03. The van der Waals surface area contributed by atoms with Gasteiger partial charge in [-0.3, -0.25) is 4.99 Å². The van der Waals surface area contributed by atoms with Gasteiger partial charge in [-0.2, -0.15) is 0 Å². The van der Waals surface area contributed by atoms with Gasteiger partial charge in [0.15, 0.2) is 5.96 Å². The fraction of sp³-hybridized carbons (Fsp3) is 0.562. The third-order valence-electron chi connectivity index (χ3n) is 3.15. The van der Waals surface area contributed by atoms with E-state index < -0.39 is 0 Å². The number of rotatable bonds is 7. The monoisotopic (exact) mass is 309 g/mol. The van der Waals surface area contributed by atoms with Gasteiger partial charge in [-0.1, -0.05) is 13.8 Å². The van der Waals surface area contributed by atoms with Crippen LogP contribution in [-0.4, -0.2) is 40.9 Å². The number of hydrogen-bond donors (Lipinski definition) is 2. The van der Waals surface area contributed by atoms with Gasteiger partial charge in [0.2, 0.25) is 0 Å². The average molecular weight is 309 g/mol. The molecule has 0 aliphatic carbocycles. The second-order valence-corrected chi connectivity index (χ2v) is 5.21. The average Bonchev–Trinajstić information content (AvgIpc) is 2.54. The first-order chi connectivity index (χ1) is 10.5. The van der Waals surface area contributed by atoms with Crippen molar-refractivity contribution >= 4 is 5.96 Å². The first-order valence-corrected chi connectivity index (χ1v) is 7.29. The molecule has 0 radical (unpaired) electrons. The lowest BCUT2D eigenvalue weighted by Gasteiger charge is -2.17. The summed E-state index contributed by atoms with van der Waals surface area (Å²) in [5.74, 6) is 3.41. The Bertz CT molecular complexity index is 476. The van der Waals surface area contributed by atoms with Crippen molar-refractivity contribution in [2.75, 3.05) is 34.9 Å². The molecule has 0 amide bonds. The summed E-state index contributed by atoms with van der Waals surface area (Å²) < 4.78 is 16.1. The van der Waals surface area contributed by atoms with Gasteiger partial charge < -0.3 is 24.8 Å². The van der Waals surface area contributed by atoms with Crippen LogP contribution in [0.2, 0.25) is 0 Å². The second kappa shape index (κ2) is 9.02. The van der Waals surface area contributed by atoms with Gasteiger partial charge in [0.1, 0.15) is 17.2 Å². The highest BCUT2D eigenvalue weighted by atomic mass is 16.5. The van der Waals surface area contributed by atoms with E-state index in [9.17, 15) is 0 Å². The van der Waals surface area contributed by atoms with Crippen LogP contribution in [0.15, 0.2) is 17.1 Å². The van der Waals surface area contributed by atoms with Crippen LogP contribution < -0.4 is 24.8 Å². The van der Waals surface area contributed by atoms with Crippen LogP contribution in [0.4, 0.5) is 0 Å². The molecule has 0 aliphatic rings. The molecular formula is C16H27N3O3. The zero-order valence-corrected chi connectivity index (χ0v) is 14.3. The Labute approximate surface area is 132 Å². The van der Waals surface area contributed by atoms with Crippen molar-refractivity contribution < 1.29 is 14.2 Å². The topological polar surface area (TPSA) is 64.1 Å². The molecule has 0 aromatic heterocycles. The molecule has 124 valence electrons. The Morgan fingerprint density at radius 1 is 1.05 bits per heavy atom. The van der Waals surface area contributed by atoms with Gasteiger partial charge in [0, 0.05) is 25.7 Å². The summed E-state index contributed by atoms with van der Waals surface area (Å²) in [6, 6.07) is 3.67. The number of ether oxygens (including phenoxy) is 3. The van der Waals surface area contributed by atoms with E-state index in [1.807, 2.05) is 12.1 Å². The van der Waals surface area contributed by atoms with Crippen LogP contribution in [0.25, 0.3) is 0 Å². The van der Waals surface area contributed by atoms with Gasteiger partial charge >= 0.3 is 0 Å². The summed E-state index contributed by atoms with van der Waals surface area (Å²) in [5, 5.41) is 6.54. The Balaban J connectivity index is 2.87. The minimum absolute atomic E-state index is 0.536. The maximum Gasteiger partial charge on any atom is 0.191 e. The molecule has 0 atom stereocenters. The summed E-state index contributed by atoms with van der Waals surface area (Å²) in [5.41, 5.74) is 0.915. The molecule has 0 spiro atoms. The largest absolute Gasteiger partial charge is 0.496 e. The lowest BCUT2D eigenvalue weighted by Crippen LogP contribution is -2.38. The summed E-state index contributed by atoms with van der Waals surface area (Å²) >= 11 is 0. The standard InChI is InChI=1S/C16H27N3O3/c1-11(2)9-18-16(17-3)19-10-13-14(21-5)7-12(20-4)8-15(13)22-6/h7-8,11H,9-10H2,1-6H3,(H2,17,18,19). The lowest BCUT2D eigenvalue weighted by molar-refractivity contribution is 0.368. The molecule has 22 heavy (non-hydrogen) atoms. The van der Waals surface area contributed by atoms with Crippen LogP contribution in [0.1, 0.15) is 19.4 Å². The molecule has 6 nitrogen and oxygen atoms in total. The van der Waals surface area contributed by atoms with E-state index in [0.717, 1.165) is 18.1 Å². The Hall–Kier alpha value is -2.11. The molecule has 0 saturated carbocycles. The number of guanidine groups is 1. The third kappa shape index (κ3) is 5.02. The normalized spacial score (nSPS) is 11.3. The fourth-order valence-corrected chi connectivity index (χ4v) is 1.95. The Morgan fingerprint density at radius 3 is 2.05 bits per heavy atom. The first kappa shape index (κ1) is 17.9. The summed E-state index contributed by atoms with van der Waals surface area (Å²) in [6.07, 6.45) is 0. The highest BCUT2D eigenvalue weighted by molar-refractivity contribution is 5.79. The maximum absolute atomic E-state index is 5.43. The molecule has 0 unspecified atom stereocenters. The zero-order valence-electron chi connectivity index (χ0n) is 14.3. The minimum Gasteiger partial charge on any atom is -0.496 e. The third-order valence-corrected chi connectivity index (χ3v) is 3.15. The fourth-order valence-electron chi connectivity index (χ4n) is 1.95. The molecule has 0 aliphatic heterocycles. The van der Waals surface area contributed by atoms with Gasteiger partial charge in [0.05, 0.1) is 33.4 Å². The van der Waals surface area contributed by atoms with Crippen LogP contribution in [0, 0.1) is 5.92 Å². The number of aliphatic imine (C=N–C) groups is 1. The molecule has 1 rings (SSSR count). The first-order valence-electron chi connectivity index (χ1n) is 7.29. The van der Waals surface area contributed by atoms with E-state index in [2.05, 4.69) is 29.5 Å². The molecular weight excluding hydrogens is 282 g/mol. The molecule has 0 saturated heterocycles. The summed E-state index contributed by atoms with van der Waals surface area (Å²) in [7, 11) is 6.62. The number of nitrogens with zero attached hydrogens (tertiary/aromatic N) is 1. The molecule has 0 bridgehead atoms. The van der Waals surface area contributed by atoms with Crippen LogP contribution in [0.3, 0.4) is 0 Å². The molecule has 2 N–H and O–H groups in total. The van der Waals surface area contributed by atoms with E-state index in [1.54, 1.807) is 28.4 Å². The van der Waals surface area contributed by atoms with E-state index in [-0.39, 0.29) is 0 Å². The Kier molecular flexibility index (Phi) is 7.36. The van der Waals surface area contributed by atoms with Gasteiger partial charge in [-0.05, 0) is 5.92 Å². The quantitative estimate of drug-likeness (QED) is 0.596. The van der Waals surface area contributed by atoms with Crippen molar-refractivity contribution in [3.63, 3.8) is 0 Å². The zero-order chi connectivity index (χ0) is 16.5.